The molecule has 6 nitrogen and oxygen atoms in total. The van der Waals surface area contributed by atoms with Gasteiger partial charge in [0.05, 0.1) is 0 Å². The van der Waals surface area contributed by atoms with Gasteiger partial charge < -0.3 is 19.4 Å². The van der Waals surface area contributed by atoms with Crippen molar-refractivity contribution < 1.29 is 14.3 Å². The Morgan fingerprint density at radius 2 is 2.00 bits per heavy atom. The van der Waals surface area contributed by atoms with E-state index in [1.165, 1.54) is 4.90 Å². The summed E-state index contributed by atoms with van der Waals surface area (Å²) in [6.45, 7) is 2.36. The Morgan fingerprint density at radius 1 is 1.23 bits per heavy atom. The lowest BCUT2D eigenvalue weighted by molar-refractivity contribution is 0.0783. The van der Waals surface area contributed by atoms with Crippen molar-refractivity contribution >= 4 is 5.91 Å². The number of fused-ring (bicyclic) bond motifs is 1. The predicted molar refractivity (Wildman–Crippen MR) is 80.2 cm³/mol. The standard InChI is InChI=1S/C16H16N2O4/c1-10-3-5-12(15(19)17-10)16(20)18(2)8-11-4-6-13-14(7-11)22-9-21-13/h3-7H,8-9H2,1-2H3,(H,17,19). The van der Waals surface area contributed by atoms with Gasteiger partial charge in [-0.25, -0.2) is 0 Å². The highest BCUT2D eigenvalue weighted by atomic mass is 16.7. The number of rotatable bonds is 3. The average molecular weight is 300 g/mol. The van der Waals surface area contributed by atoms with Gasteiger partial charge in [-0.3, -0.25) is 9.59 Å². The van der Waals surface area contributed by atoms with Gasteiger partial charge in [-0.15, -0.1) is 0 Å². The molecule has 0 radical (unpaired) electrons. The Hall–Kier alpha value is -2.76. The number of hydrogen-bond acceptors (Lipinski definition) is 4. The van der Waals surface area contributed by atoms with Crippen LogP contribution < -0.4 is 15.0 Å². The highest BCUT2D eigenvalue weighted by Gasteiger charge is 2.18. The van der Waals surface area contributed by atoms with Crippen molar-refractivity contribution in [3.8, 4) is 11.5 Å². The fraction of sp³-hybridized carbons (Fsp3) is 0.250. The number of nitrogens with zero attached hydrogens (tertiary/aromatic N) is 1. The SMILES string of the molecule is Cc1ccc(C(=O)N(C)Cc2ccc3c(c2)OCO3)c(=O)[nH]1. The van der Waals surface area contributed by atoms with Gasteiger partial charge in [-0.05, 0) is 36.8 Å². The molecule has 0 saturated carbocycles. The normalized spacial score (nSPS) is 12.3. The number of nitrogens with one attached hydrogen (secondary N) is 1. The Labute approximate surface area is 127 Å². The number of aryl methyl sites for hydroxylation is 1. The molecule has 2 heterocycles. The number of amides is 1. The van der Waals surface area contributed by atoms with E-state index in [-0.39, 0.29) is 23.8 Å². The molecule has 3 rings (SSSR count). The maximum Gasteiger partial charge on any atom is 0.260 e. The molecule has 1 aromatic carbocycles. The first-order valence-corrected chi connectivity index (χ1v) is 6.88. The van der Waals surface area contributed by atoms with E-state index in [1.807, 2.05) is 18.2 Å². The third-order valence-electron chi connectivity index (χ3n) is 3.49. The fourth-order valence-corrected chi connectivity index (χ4v) is 2.33. The molecule has 0 fully saturated rings. The molecule has 1 aromatic heterocycles. The number of benzene rings is 1. The Balaban J connectivity index is 1.77. The summed E-state index contributed by atoms with van der Waals surface area (Å²) < 4.78 is 10.6. The molecule has 0 spiro atoms. The summed E-state index contributed by atoms with van der Waals surface area (Å²) >= 11 is 0. The Bertz CT molecular complexity index is 782. The molecular formula is C16H16N2O4. The fourth-order valence-electron chi connectivity index (χ4n) is 2.33. The summed E-state index contributed by atoms with van der Waals surface area (Å²) in [5, 5.41) is 0. The van der Waals surface area contributed by atoms with Gasteiger partial charge in [0.1, 0.15) is 5.56 Å². The number of carbonyl (C=O) groups is 1. The maximum atomic E-state index is 12.4. The topological polar surface area (TPSA) is 71.6 Å². The monoisotopic (exact) mass is 300 g/mol. The van der Waals surface area contributed by atoms with E-state index in [2.05, 4.69) is 4.98 Å². The van der Waals surface area contributed by atoms with E-state index < -0.39 is 0 Å². The van der Waals surface area contributed by atoms with E-state index >= 15 is 0 Å². The van der Waals surface area contributed by atoms with Crippen LogP contribution in [0.1, 0.15) is 21.6 Å². The predicted octanol–water partition coefficient (Wildman–Crippen LogP) is 1.68. The number of aromatic amines is 1. The second kappa shape index (κ2) is 5.55. The van der Waals surface area contributed by atoms with Gasteiger partial charge in [0, 0.05) is 19.3 Å². The molecule has 1 amide bonds. The second-order valence-corrected chi connectivity index (χ2v) is 5.23. The number of carbonyl (C=O) groups excluding carboxylic acids is 1. The molecule has 2 aromatic rings. The first-order chi connectivity index (χ1) is 10.5. The summed E-state index contributed by atoms with van der Waals surface area (Å²) in [6.07, 6.45) is 0. The molecule has 1 aliphatic heterocycles. The molecule has 0 bridgehead atoms. The maximum absolute atomic E-state index is 12.4. The minimum absolute atomic E-state index is 0.133. The molecular weight excluding hydrogens is 284 g/mol. The van der Waals surface area contributed by atoms with Crippen LogP contribution in [0.25, 0.3) is 0 Å². The summed E-state index contributed by atoms with van der Waals surface area (Å²) in [5.74, 6) is 1.05. The smallest absolute Gasteiger partial charge is 0.260 e. The van der Waals surface area contributed by atoms with E-state index in [1.54, 1.807) is 26.1 Å². The zero-order valence-corrected chi connectivity index (χ0v) is 12.4. The number of hydrogen-bond donors (Lipinski definition) is 1. The van der Waals surface area contributed by atoms with Crippen LogP contribution in [0.2, 0.25) is 0 Å². The molecule has 0 saturated heterocycles. The first kappa shape index (κ1) is 14.2. The highest BCUT2D eigenvalue weighted by molar-refractivity contribution is 5.93. The van der Waals surface area contributed by atoms with Crippen molar-refractivity contribution in [1.82, 2.24) is 9.88 Å². The summed E-state index contributed by atoms with van der Waals surface area (Å²) in [7, 11) is 1.66. The van der Waals surface area contributed by atoms with E-state index in [0.29, 0.717) is 18.0 Å². The van der Waals surface area contributed by atoms with Crippen molar-refractivity contribution in [2.75, 3.05) is 13.8 Å². The van der Waals surface area contributed by atoms with E-state index in [4.69, 9.17) is 9.47 Å². The van der Waals surface area contributed by atoms with Gasteiger partial charge in [0.25, 0.3) is 11.5 Å². The first-order valence-electron chi connectivity index (χ1n) is 6.88. The molecule has 0 unspecified atom stereocenters. The second-order valence-electron chi connectivity index (χ2n) is 5.23. The largest absolute Gasteiger partial charge is 0.454 e. The molecule has 0 aliphatic carbocycles. The highest BCUT2D eigenvalue weighted by Crippen LogP contribution is 2.32. The number of aromatic nitrogens is 1. The lowest BCUT2D eigenvalue weighted by atomic mass is 10.1. The average Bonchev–Trinajstić information content (AvgIpc) is 2.94. The van der Waals surface area contributed by atoms with E-state index in [0.717, 1.165) is 11.3 Å². The molecule has 0 atom stereocenters. The third-order valence-corrected chi connectivity index (χ3v) is 3.49. The molecule has 1 N–H and O–H groups in total. The van der Waals surface area contributed by atoms with Crippen LogP contribution in [-0.2, 0) is 6.54 Å². The number of pyridine rings is 1. The Morgan fingerprint density at radius 3 is 2.77 bits per heavy atom. The van der Waals surface area contributed by atoms with Crippen LogP contribution in [0, 0.1) is 6.92 Å². The minimum Gasteiger partial charge on any atom is -0.454 e. The summed E-state index contributed by atoms with van der Waals surface area (Å²) in [6, 6.07) is 8.78. The van der Waals surface area contributed by atoms with E-state index in [9.17, 15) is 9.59 Å². The van der Waals surface area contributed by atoms with Crippen LogP contribution in [0.15, 0.2) is 35.1 Å². The van der Waals surface area contributed by atoms with Crippen molar-refractivity contribution in [3.05, 3.63) is 57.5 Å². The van der Waals surface area contributed by atoms with Gasteiger partial charge >= 0.3 is 0 Å². The molecule has 6 heteroatoms. The zero-order valence-electron chi connectivity index (χ0n) is 12.4. The summed E-state index contributed by atoms with van der Waals surface area (Å²) in [4.78, 5) is 28.3. The van der Waals surface area contributed by atoms with Gasteiger partial charge in [-0.2, -0.15) is 0 Å². The van der Waals surface area contributed by atoms with Crippen LogP contribution in [-0.4, -0.2) is 29.6 Å². The van der Waals surface area contributed by atoms with Crippen molar-refractivity contribution in [1.29, 1.82) is 0 Å². The lowest BCUT2D eigenvalue weighted by Gasteiger charge is -2.17. The number of ether oxygens (including phenoxy) is 2. The van der Waals surface area contributed by atoms with Gasteiger partial charge in [0.15, 0.2) is 11.5 Å². The van der Waals surface area contributed by atoms with Crippen molar-refractivity contribution in [2.45, 2.75) is 13.5 Å². The van der Waals surface area contributed by atoms with Crippen LogP contribution in [0.5, 0.6) is 11.5 Å². The summed E-state index contributed by atoms with van der Waals surface area (Å²) in [5.41, 5.74) is 1.39. The van der Waals surface area contributed by atoms with Crippen LogP contribution in [0.3, 0.4) is 0 Å². The van der Waals surface area contributed by atoms with Crippen molar-refractivity contribution in [2.24, 2.45) is 0 Å². The van der Waals surface area contributed by atoms with Gasteiger partial charge in [-0.1, -0.05) is 6.07 Å². The lowest BCUT2D eigenvalue weighted by Crippen LogP contribution is -2.31. The third kappa shape index (κ3) is 2.67. The van der Waals surface area contributed by atoms with Gasteiger partial charge in [0.2, 0.25) is 6.79 Å². The molecule has 1 aliphatic rings. The Kier molecular flexibility index (Phi) is 3.58. The van der Waals surface area contributed by atoms with Crippen LogP contribution >= 0.6 is 0 Å². The zero-order chi connectivity index (χ0) is 15.7. The molecule has 22 heavy (non-hydrogen) atoms. The quantitative estimate of drug-likeness (QED) is 0.936. The van der Waals surface area contributed by atoms with Crippen molar-refractivity contribution in [3.63, 3.8) is 0 Å². The van der Waals surface area contributed by atoms with Crippen LogP contribution in [0.4, 0.5) is 0 Å². The minimum atomic E-state index is -0.373. The number of H-pyrrole nitrogens is 1. The molecule has 114 valence electrons.